The third-order valence-corrected chi connectivity index (χ3v) is 3.67. The van der Waals surface area contributed by atoms with E-state index in [0.717, 1.165) is 11.1 Å². The van der Waals surface area contributed by atoms with E-state index in [9.17, 15) is 5.11 Å². The van der Waals surface area contributed by atoms with Crippen LogP contribution in [0.25, 0.3) is 11.5 Å². The maximum atomic E-state index is 9.26. The van der Waals surface area contributed by atoms with Gasteiger partial charge in [-0.25, -0.2) is 0 Å². The van der Waals surface area contributed by atoms with Crippen LogP contribution in [0.5, 0.6) is 5.75 Å². The second-order valence-corrected chi connectivity index (χ2v) is 5.30. The number of phenols is 1. The SMILES string of the molecule is Oc1ccc(-c2nc(Cc3ccc(Cl)c(Cl)c3)no2)cc1. The fourth-order valence-electron chi connectivity index (χ4n) is 1.88. The van der Waals surface area contributed by atoms with Crippen LogP contribution in [0.1, 0.15) is 11.4 Å². The number of benzene rings is 2. The molecule has 2 aromatic carbocycles. The first kappa shape index (κ1) is 13.9. The summed E-state index contributed by atoms with van der Waals surface area (Å²) in [5.74, 6) is 1.15. The second kappa shape index (κ2) is 5.76. The van der Waals surface area contributed by atoms with E-state index in [0.29, 0.717) is 28.2 Å². The van der Waals surface area contributed by atoms with Crippen molar-refractivity contribution in [1.82, 2.24) is 10.1 Å². The molecule has 0 amide bonds. The second-order valence-electron chi connectivity index (χ2n) is 4.49. The Balaban J connectivity index is 1.81. The predicted octanol–water partition coefficient (Wildman–Crippen LogP) is 4.34. The van der Waals surface area contributed by atoms with Crippen LogP contribution >= 0.6 is 23.2 Å². The van der Waals surface area contributed by atoms with Crippen molar-refractivity contribution in [3.63, 3.8) is 0 Å². The van der Waals surface area contributed by atoms with Gasteiger partial charge in [0.15, 0.2) is 5.82 Å². The van der Waals surface area contributed by atoms with Crippen LogP contribution in [-0.4, -0.2) is 15.2 Å². The zero-order chi connectivity index (χ0) is 14.8. The average Bonchev–Trinajstić information content (AvgIpc) is 2.92. The molecule has 0 aliphatic heterocycles. The van der Waals surface area contributed by atoms with Crippen LogP contribution < -0.4 is 0 Å². The lowest BCUT2D eigenvalue weighted by molar-refractivity contribution is 0.423. The molecular formula is C15H10Cl2N2O2. The van der Waals surface area contributed by atoms with Crippen molar-refractivity contribution in [3.8, 4) is 17.2 Å². The first-order valence-corrected chi connectivity index (χ1v) is 6.93. The van der Waals surface area contributed by atoms with Crippen molar-refractivity contribution in [1.29, 1.82) is 0 Å². The van der Waals surface area contributed by atoms with Gasteiger partial charge in [-0.05, 0) is 42.0 Å². The molecule has 0 aliphatic rings. The van der Waals surface area contributed by atoms with Gasteiger partial charge >= 0.3 is 0 Å². The third-order valence-electron chi connectivity index (χ3n) is 2.93. The van der Waals surface area contributed by atoms with Crippen molar-refractivity contribution in [2.24, 2.45) is 0 Å². The van der Waals surface area contributed by atoms with Crippen molar-refractivity contribution in [2.45, 2.75) is 6.42 Å². The van der Waals surface area contributed by atoms with Crippen LogP contribution in [0.15, 0.2) is 47.0 Å². The molecule has 1 aromatic heterocycles. The summed E-state index contributed by atoms with van der Waals surface area (Å²) < 4.78 is 5.21. The lowest BCUT2D eigenvalue weighted by Gasteiger charge is -1.99. The number of halogens is 2. The minimum atomic E-state index is 0.189. The first-order valence-electron chi connectivity index (χ1n) is 6.18. The van der Waals surface area contributed by atoms with Crippen molar-refractivity contribution >= 4 is 23.2 Å². The predicted molar refractivity (Wildman–Crippen MR) is 80.7 cm³/mol. The molecule has 0 radical (unpaired) electrons. The molecule has 1 N–H and O–H groups in total. The molecule has 0 bridgehead atoms. The van der Waals surface area contributed by atoms with E-state index >= 15 is 0 Å². The van der Waals surface area contributed by atoms with Gasteiger partial charge in [-0.15, -0.1) is 0 Å². The quantitative estimate of drug-likeness (QED) is 0.779. The zero-order valence-electron chi connectivity index (χ0n) is 10.8. The molecule has 3 rings (SSSR count). The monoisotopic (exact) mass is 320 g/mol. The highest BCUT2D eigenvalue weighted by molar-refractivity contribution is 6.42. The fourth-order valence-corrected chi connectivity index (χ4v) is 2.20. The van der Waals surface area contributed by atoms with Crippen LogP contribution in [-0.2, 0) is 6.42 Å². The highest BCUT2D eigenvalue weighted by Gasteiger charge is 2.10. The van der Waals surface area contributed by atoms with Crippen LogP contribution in [0.4, 0.5) is 0 Å². The molecule has 1 heterocycles. The Kier molecular flexibility index (Phi) is 3.82. The van der Waals surface area contributed by atoms with Crippen LogP contribution in [0.2, 0.25) is 10.0 Å². The maximum Gasteiger partial charge on any atom is 0.257 e. The number of hydrogen-bond acceptors (Lipinski definition) is 4. The van der Waals surface area contributed by atoms with E-state index in [1.165, 1.54) is 0 Å². The number of phenolic OH excluding ortho intramolecular Hbond substituents is 1. The highest BCUT2D eigenvalue weighted by Crippen LogP contribution is 2.24. The highest BCUT2D eigenvalue weighted by atomic mass is 35.5. The Morgan fingerprint density at radius 1 is 1.00 bits per heavy atom. The summed E-state index contributed by atoms with van der Waals surface area (Å²) >= 11 is 11.9. The number of hydrogen-bond donors (Lipinski definition) is 1. The molecule has 6 heteroatoms. The Bertz CT molecular complexity index is 770. The van der Waals surface area contributed by atoms with E-state index in [2.05, 4.69) is 10.1 Å². The molecule has 21 heavy (non-hydrogen) atoms. The van der Waals surface area contributed by atoms with E-state index in [-0.39, 0.29) is 5.75 Å². The summed E-state index contributed by atoms with van der Waals surface area (Å²) in [5.41, 5.74) is 1.70. The number of nitrogens with zero attached hydrogens (tertiary/aromatic N) is 2. The van der Waals surface area contributed by atoms with E-state index in [1.807, 2.05) is 6.07 Å². The average molecular weight is 321 g/mol. The fraction of sp³-hybridized carbons (Fsp3) is 0.0667. The van der Waals surface area contributed by atoms with Gasteiger partial charge in [-0.2, -0.15) is 4.98 Å². The zero-order valence-corrected chi connectivity index (χ0v) is 12.3. The summed E-state index contributed by atoms with van der Waals surface area (Å²) in [5, 5.41) is 14.2. The van der Waals surface area contributed by atoms with Gasteiger partial charge in [0, 0.05) is 12.0 Å². The van der Waals surface area contributed by atoms with Gasteiger partial charge in [0.05, 0.1) is 10.0 Å². The topological polar surface area (TPSA) is 59.2 Å². The molecule has 0 aliphatic carbocycles. The van der Waals surface area contributed by atoms with E-state index < -0.39 is 0 Å². The molecule has 0 fully saturated rings. The van der Waals surface area contributed by atoms with Gasteiger partial charge in [-0.1, -0.05) is 34.4 Å². The minimum Gasteiger partial charge on any atom is -0.508 e. The number of aromatic nitrogens is 2. The third kappa shape index (κ3) is 3.17. The minimum absolute atomic E-state index is 0.189. The molecule has 0 atom stereocenters. The van der Waals surface area contributed by atoms with E-state index in [4.69, 9.17) is 27.7 Å². The Hall–Kier alpha value is -2.04. The molecular weight excluding hydrogens is 311 g/mol. The van der Waals surface area contributed by atoms with Crippen LogP contribution in [0.3, 0.4) is 0 Å². The van der Waals surface area contributed by atoms with Gasteiger partial charge in [0.2, 0.25) is 0 Å². The lowest BCUT2D eigenvalue weighted by Crippen LogP contribution is -1.91. The maximum absolute atomic E-state index is 9.26. The molecule has 0 unspecified atom stereocenters. The van der Waals surface area contributed by atoms with Gasteiger partial charge < -0.3 is 9.63 Å². The van der Waals surface area contributed by atoms with Gasteiger partial charge in [0.1, 0.15) is 5.75 Å². The largest absolute Gasteiger partial charge is 0.508 e. The van der Waals surface area contributed by atoms with Crippen molar-refractivity contribution < 1.29 is 9.63 Å². The normalized spacial score (nSPS) is 10.8. The van der Waals surface area contributed by atoms with Crippen molar-refractivity contribution in [3.05, 3.63) is 63.9 Å². The smallest absolute Gasteiger partial charge is 0.257 e. The summed E-state index contributed by atoms with van der Waals surface area (Å²) in [4.78, 5) is 4.32. The Labute approximate surface area is 130 Å². The Morgan fingerprint density at radius 3 is 2.48 bits per heavy atom. The standard InChI is InChI=1S/C15H10Cl2N2O2/c16-12-6-1-9(7-13(12)17)8-14-18-15(21-19-14)10-2-4-11(20)5-3-10/h1-7,20H,8H2. The molecule has 0 saturated carbocycles. The summed E-state index contributed by atoms with van der Waals surface area (Å²) in [6.07, 6.45) is 0.498. The number of aromatic hydroxyl groups is 1. The lowest BCUT2D eigenvalue weighted by atomic mass is 10.1. The van der Waals surface area contributed by atoms with E-state index in [1.54, 1.807) is 36.4 Å². The van der Waals surface area contributed by atoms with Crippen molar-refractivity contribution in [2.75, 3.05) is 0 Å². The van der Waals surface area contributed by atoms with Gasteiger partial charge in [0.25, 0.3) is 5.89 Å². The molecule has 0 saturated heterocycles. The molecule has 0 spiro atoms. The van der Waals surface area contributed by atoms with Crippen LogP contribution in [0, 0.1) is 0 Å². The summed E-state index contributed by atoms with van der Waals surface area (Å²) in [6, 6.07) is 11.9. The summed E-state index contributed by atoms with van der Waals surface area (Å²) in [6.45, 7) is 0. The van der Waals surface area contributed by atoms with Gasteiger partial charge in [-0.3, -0.25) is 0 Å². The number of rotatable bonds is 3. The first-order chi connectivity index (χ1) is 10.1. The molecule has 106 valence electrons. The Morgan fingerprint density at radius 2 is 1.76 bits per heavy atom. The molecule has 4 nitrogen and oxygen atoms in total. The molecule has 3 aromatic rings. The summed E-state index contributed by atoms with van der Waals surface area (Å²) in [7, 11) is 0.